The Hall–Kier alpha value is -17.7. The predicted molar refractivity (Wildman–Crippen MR) is 585 cm³/mol. The zero-order chi connectivity index (χ0) is 105. The fourth-order valence-corrected chi connectivity index (χ4v) is 21.9. The summed E-state index contributed by atoms with van der Waals surface area (Å²) in [6.07, 6.45) is 11.8. The maximum Gasteiger partial charge on any atom is 0.292 e. The third-order valence-corrected chi connectivity index (χ3v) is 29.9. The lowest BCUT2D eigenvalue weighted by atomic mass is 10.0. The monoisotopic (exact) mass is 2020 g/mol. The number of pyridine rings is 4. The molecule has 3 fully saturated rings. The third-order valence-electron chi connectivity index (χ3n) is 28.6. The Kier molecular flexibility index (Phi) is 26.4. The maximum absolute atomic E-state index is 14.1. The van der Waals surface area contributed by atoms with Gasteiger partial charge in [-0.3, -0.25) is 42.6 Å². The van der Waals surface area contributed by atoms with Gasteiger partial charge in [-0.1, -0.05) is 134 Å². The van der Waals surface area contributed by atoms with Gasteiger partial charge in [0.15, 0.2) is 28.2 Å². The molecular weight excluding hydrogens is 1910 g/mol. The number of piperazine rings is 1. The number of hydrogen-bond donors (Lipinski definition) is 6. The molecule has 3 saturated heterocycles. The van der Waals surface area contributed by atoms with Gasteiger partial charge in [0.1, 0.15) is 59.8 Å². The van der Waals surface area contributed by atoms with E-state index in [0.717, 1.165) is 154 Å². The lowest BCUT2D eigenvalue weighted by molar-refractivity contribution is -0.116. The van der Waals surface area contributed by atoms with Crippen LogP contribution in [0.4, 0.5) is 29.3 Å². The topological polar surface area (TPSA) is 491 Å². The molecule has 3 aliphatic heterocycles. The minimum Gasteiger partial charge on any atom is -0.424 e. The number of sulfonamides is 1. The summed E-state index contributed by atoms with van der Waals surface area (Å²) in [5.74, 6) is 1.25. The number of carbonyl (C=O) groups excluding carboxylic acids is 1. The van der Waals surface area contributed by atoms with Crippen molar-refractivity contribution in [2.24, 2.45) is 0 Å². The van der Waals surface area contributed by atoms with Crippen molar-refractivity contribution in [3.8, 4) is 28.3 Å². The van der Waals surface area contributed by atoms with Crippen LogP contribution >= 0.6 is 0 Å². The molecule has 758 valence electrons. The number of amides is 1. The highest BCUT2D eigenvalue weighted by Crippen LogP contribution is 2.38. The Labute approximate surface area is 858 Å². The molecule has 0 bridgehead atoms. The molecular formula is C111H110N30O8S. The highest BCUT2D eigenvalue weighted by molar-refractivity contribution is 7.88. The van der Waals surface area contributed by atoms with Crippen molar-refractivity contribution in [1.29, 1.82) is 0 Å². The number of nitrogen functional groups attached to an aromatic ring is 5. The Morgan fingerprint density at radius 2 is 0.813 bits per heavy atom. The minimum atomic E-state index is -3.23. The number of anilines is 5. The average Bonchev–Trinajstić information content (AvgIpc) is 1.30. The van der Waals surface area contributed by atoms with Crippen LogP contribution in [0.5, 0.6) is 0 Å². The van der Waals surface area contributed by atoms with Gasteiger partial charge in [-0.2, -0.15) is 29.7 Å². The molecule has 8 aromatic carbocycles. The van der Waals surface area contributed by atoms with E-state index >= 15 is 0 Å². The molecule has 3 aliphatic rings. The summed E-state index contributed by atoms with van der Waals surface area (Å²) in [6, 6.07) is 61.2. The molecule has 0 radical (unpaired) electrons. The summed E-state index contributed by atoms with van der Waals surface area (Å²) in [7, 11) is -1.11. The molecule has 21 aromatic rings. The van der Waals surface area contributed by atoms with Gasteiger partial charge >= 0.3 is 0 Å². The van der Waals surface area contributed by atoms with Crippen molar-refractivity contribution in [2.45, 2.75) is 120 Å². The number of hydrogen-bond acceptors (Lipinski definition) is 28. The maximum atomic E-state index is 14.1. The fourth-order valence-electron chi connectivity index (χ4n) is 21.1. The second-order valence-corrected chi connectivity index (χ2v) is 40.5. The Morgan fingerprint density at radius 3 is 1.27 bits per heavy atom. The number of aromatic nitrogens is 21. The van der Waals surface area contributed by atoms with Crippen LogP contribution in [0, 0.1) is 48.5 Å². The average molecular weight is 2020 g/mol. The Morgan fingerprint density at radius 1 is 0.413 bits per heavy atom. The molecule has 38 nitrogen and oxygen atoms in total. The van der Waals surface area contributed by atoms with Crippen molar-refractivity contribution >= 4 is 150 Å². The first kappa shape index (κ1) is 98.3. The highest BCUT2D eigenvalue weighted by Gasteiger charge is 2.32. The first-order valence-electron chi connectivity index (χ1n) is 49.5. The standard InChI is InChI=1S/C29H29N9O2.C29H32N8O3S.C28H25N7O2.C25H24N6O/c1-16-4-3-5-17-12-20(38(28(39)23(16)17)19-8-10-36(2)11-9-19)14-37-27-24(26(30)32-15-33-27)25(35-37)18-6-7-22-21(13-18)34-29(31)40-22;1-19-7-4-5-10-24(19)37-22(15-21-9-6-8-20(2)25(21)29(37)38)16-36-28-26(27(30)31-18-32-28)23(33-36)17-34-11-13-35(14-12-34)41(3,39)40;1-16-6-3-4-9-22(16)35-20(12-18-8-5-7-17(2)23(18)28(35)37)14-34-26-24(25(29)31-15-32-26)21(33-34)13-19-10-11-30-27(19)36;1-4-19-22-23(26)27-14-28-24(22)30(29-19)13-18-12-17-10-7-9-16(3)21(17)25(32)31(18)20-11-6-5-8-15(20)2/h3-7,12-13,15,19H,8-11,14H2,1-2H3,(H2,31,34)(H2,30,32,33);4-10,15,18H,11-14,16-17H2,1-3H3,(H2,30,31,32);3-9,12-13,15H,10-11,14H2,1-2H3,(H,30,36)(H2,29,31,32);5-12,14H,4,13H2,1-3H3,(H2,26,27,28)/b;;19-13-;. The number of carbonyl (C=O) groups is 1. The van der Waals surface area contributed by atoms with Crippen molar-refractivity contribution in [1.82, 2.24) is 122 Å². The van der Waals surface area contributed by atoms with Crippen molar-refractivity contribution in [3.63, 3.8) is 0 Å². The summed E-state index contributed by atoms with van der Waals surface area (Å²) in [5.41, 5.74) is 50.9. The normalized spacial score (nSPS) is 14.2. The van der Waals surface area contributed by atoms with E-state index < -0.39 is 10.0 Å². The molecule has 24 rings (SSSR count). The number of piperidine rings is 1. The fraction of sp³-hybridized carbons (Fsp3) is 0.243. The van der Waals surface area contributed by atoms with Gasteiger partial charge in [0.05, 0.1) is 110 Å². The number of nitrogens with zero attached hydrogens (tertiary/aromatic N) is 24. The SMILES string of the molecule is CCc1nn(Cc2cc3cccc(C)c3c(=O)n2-c2ccccc2C)c2ncnc(N)c12.Cc1cccc2cc(Cn3nc(-c4ccc5oc(N)nc5c4)c4c(N)ncnc43)n(C3CCN(C)CC3)c(=O)c12.Cc1ccccc1-n1c(Cn2nc(/C=C3/CCNC3=O)c3c(N)ncnc32)cc2cccc(C)c2c1=O.Cc1ccccc1-n1c(Cn2nc(CN3CCN(S(C)(=O)=O)CC3)c3c(N)ncnc32)cc2cccc(C)c2c1=O. The summed E-state index contributed by atoms with van der Waals surface area (Å²) in [5, 5.41) is 31.4. The third kappa shape index (κ3) is 18.6. The van der Waals surface area contributed by atoms with Crippen LogP contribution in [0.1, 0.15) is 111 Å². The van der Waals surface area contributed by atoms with Crippen LogP contribution in [0.2, 0.25) is 0 Å². The Bertz CT molecular complexity index is 9440. The van der Waals surface area contributed by atoms with E-state index in [1.807, 2.05) is 245 Å². The van der Waals surface area contributed by atoms with E-state index in [9.17, 15) is 32.4 Å². The van der Waals surface area contributed by atoms with Crippen LogP contribution in [0.3, 0.4) is 0 Å². The van der Waals surface area contributed by atoms with E-state index in [-0.39, 0.29) is 59.1 Å². The van der Waals surface area contributed by atoms with Crippen molar-refractivity contribution in [3.05, 3.63) is 339 Å². The van der Waals surface area contributed by atoms with E-state index in [2.05, 4.69) is 79.2 Å². The zero-order valence-electron chi connectivity index (χ0n) is 84.5. The summed E-state index contributed by atoms with van der Waals surface area (Å²) in [6.45, 7) is 22.1. The van der Waals surface area contributed by atoms with Gasteiger partial charge in [0, 0.05) is 79.2 Å². The molecule has 0 unspecified atom stereocenters. The predicted octanol–water partition coefficient (Wildman–Crippen LogP) is 13.4. The zero-order valence-corrected chi connectivity index (χ0v) is 85.3. The quantitative estimate of drug-likeness (QED) is 0.0434. The second kappa shape index (κ2) is 40.3. The van der Waals surface area contributed by atoms with Crippen LogP contribution in [-0.4, -0.2) is 190 Å². The van der Waals surface area contributed by atoms with E-state index in [0.29, 0.717) is 166 Å². The van der Waals surface area contributed by atoms with E-state index in [4.69, 9.17) is 53.5 Å². The molecule has 16 heterocycles. The van der Waals surface area contributed by atoms with Gasteiger partial charge in [-0.05, 0) is 222 Å². The molecule has 0 aliphatic carbocycles. The first-order chi connectivity index (χ1) is 72.4. The van der Waals surface area contributed by atoms with Crippen LogP contribution in [0.15, 0.2) is 243 Å². The summed E-state index contributed by atoms with van der Waals surface area (Å²) >= 11 is 0. The number of nitrogens with two attached hydrogens (primary N) is 5. The lowest BCUT2D eigenvalue weighted by Crippen LogP contribution is -2.47. The highest BCUT2D eigenvalue weighted by atomic mass is 32.2. The van der Waals surface area contributed by atoms with Crippen molar-refractivity contribution < 1.29 is 17.6 Å². The number of benzene rings is 8. The smallest absolute Gasteiger partial charge is 0.292 e. The van der Waals surface area contributed by atoms with Crippen LogP contribution < -0.4 is 56.2 Å². The molecule has 0 saturated carbocycles. The van der Waals surface area contributed by atoms with Gasteiger partial charge in [0.2, 0.25) is 15.9 Å². The van der Waals surface area contributed by atoms with E-state index in [1.54, 1.807) is 29.1 Å². The second-order valence-electron chi connectivity index (χ2n) is 38.5. The van der Waals surface area contributed by atoms with E-state index in [1.165, 1.54) is 35.9 Å². The number of rotatable bonds is 18. The van der Waals surface area contributed by atoms with Gasteiger partial charge in [0.25, 0.3) is 28.3 Å². The minimum absolute atomic E-state index is 0.0359. The molecule has 0 atom stereocenters. The van der Waals surface area contributed by atoms with Crippen molar-refractivity contribution in [2.75, 3.05) is 87.8 Å². The summed E-state index contributed by atoms with van der Waals surface area (Å²) in [4.78, 5) is 111. The molecule has 13 aromatic heterocycles. The van der Waals surface area contributed by atoms with Gasteiger partial charge in [-0.25, -0.2) is 67.0 Å². The Balaban J connectivity index is 0.000000117. The number of oxazole rings is 1. The van der Waals surface area contributed by atoms with Crippen LogP contribution in [0.25, 0.3) is 133 Å². The number of fused-ring (bicyclic) bond motifs is 9. The molecule has 11 N–H and O–H groups in total. The lowest BCUT2D eigenvalue weighted by Gasteiger charge is -2.32. The molecule has 150 heavy (non-hydrogen) atoms. The molecule has 39 heteroatoms. The number of likely N-dealkylation sites (tertiary alicyclic amines) is 1. The summed E-state index contributed by atoms with van der Waals surface area (Å²) < 4.78 is 45.3. The first-order valence-corrected chi connectivity index (χ1v) is 51.4. The van der Waals surface area contributed by atoms with Gasteiger partial charge < -0.3 is 47.9 Å². The number of para-hydroxylation sites is 3. The largest absolute Gasteiger partial charge is 0.424 e. The van der Waals surface area contributed by atoms with Gasteiger partial charge in [-0.15, -0.1) is 0 Å². The molecule has 1 amide bonds. The van der Waals surface area contributed by atoms with Crippen LogP contribution in [-0.2, 0) is 54.0 Å². The molecule has 0 spiro atoms. The number of aryl methyl sites for hydroxylation is 8. The number of nitrogens with one attached hydrogen (secondary N) is 1.